The smallest absolute Gasteiger partial charge is 0.248 e. The highest BCUT2D eigenvalue weighted by Gasteiger charge is 2.02. The number of carbonyl (C=O) groups is 2. The quantitative estimate of drug-likeness (QED) is 0.687. The number of rotatable bonds is 4. The van der Waals surface area contributed by atoms with Crippen molar-refractivity contribution in [2.45, 2.75) is 6.92 Å². The molecule has 0 aromatic heterocycles. The van der Waals surface area contributed by atoms with Crippen LogP contribution in [0.1, 0.15) is 22.8 Å². The zero-order valence-electron chi connectivity index (χ0n) is 11.5. The van der Waals surface area contributed by atoms with Crippen molar-refractivity contribution in [3.63, 3.8) is 0 Å². The standard InChI is InChI=1S/C17H14FNO2/c1-12(20)14-3-2-4-16(11-14)19-17(21)10-7-13-5-8-15(18)9-6-13/h2-11H,1H3,(H,19,21)/b10-7-. The van der Waals surface area contributed by atoms with Crippen LogP contribution in [-0.2, 0) is 4.79 Å². The van der Waals surface area contributed by atoms with Crippen LogP contribution in [0.2, 0.25) is 0 Å². The number of benzene rings is 2. The molecule has 0 fully saturated rings. The molecule has 0 heterocycles. The molecule has 3 nitrogen and oxygen atoms in total. The lowest BCUT2D eigenvalue weighted by atomic mass is 10.1. The predicted molar refractivity (Wildman–Crippen MR) is 80.5 cm³/mol. The van der Waals surface area contributed by atoms with Gasteiger partial charge in [0, 0.05) is 17.3 Å². The van der Waals surface area contributed by atoms with Crippen LogP contribution in [0.25, 0.3) is 6.08 Å². The Morgan fingerprint density at radius 1 is 1.10 bits per heavy atom. The largest absolute Gasteiger partial charge is 0.322 e. The third-order valence-corrected chi connectivity index (χ3v) is 2.83. The summed E-state index contributed by atoms with van der Waals surface area (Å²) >= 11 is 0. The van der Waals surface area contributed by atoms with Crippen molar-refractivity contribution in [1.29, 1.82) is 0 Å². The van der Waals surface area contributed by atoms with Crippen molar-refractivity contribution >= 4 is 23.5 Å². The number of hydrogen-bond donors (Lipinski definition) is 1. The Morgan fingerprint density at radius 3 is 2.48 bits per heavy atom. The van der Waals surface area contributed by atoms with Gasteiger partial charge in [0.1, 0.15) is 5.82 Å². The van der Waals surface area contributed by atoms with Crippen molar-refractivity contribution in [2.75, 3.05) is 5.32 Å². The van der Waals surface area contributed by atoms with Crippen molar-refractivity contribution in [3.8, 4) is 0 Å². The first-order chi connectivity index (χ1) is 10.0. The van der Waals surface area contributed by atoms with Crippen LogP contribution in [-0.4, -0.2) is 11.7 Å². The maximum atomic E-state index is 12.7. The zero-order valence-corrected chi connectivity index (χ0v) is 11.5. The summed E-state index contributed by atoms with van der Waals surface area (Å²) in [5.41, 5.74) is 1.82. The number of ketones is 1. The molecule has 0 aliphatic carbocycles. The topological polar surface area (TPSA) is 46.2 Å². The van der Waals surface area contributed by atoms with Gasteiger partial charge in [-0.3, -0.25) is 9.59 Å². The number of carbonyl (C=O) groups excluding carboxylic acids is 2. The first-order valence-corrected chi connectivity index (χ1v) is 6.40. The molecule has 2 aromatic rings. The van der Waals surface area contributed by atoms with E-state index in [1.807, 2.05) is 0 Å². The molecule has 0 saturated heterocycles. The van der Waals surface area contributed by atoms with Gasteiger partial charge in [-0.25, -0.2) is 4.39 Å². The molecule has 4 heteroatoms. The second-order valence-electron chi connectivity index (χ2n) is 4.51. The van der Waals surface area contributed by atoms with Crippen LogP contribution in [0.15, 0.2) is 54.6 Å². The normalized spacial score (nSPS) is 10.6. The van der Waals surface area contributed by atoms with Gasteiger partial charge < -0.3 is 5.32 Å². The molecule has 0 bridgehead atoms. The maximum Gasteiger partial charge on any atom is 0.248 e. The summed E-state index contributed by atoms with van der Waals surface area (Å²) in [6.45, 7) is 1.47. The molecule has 0 aliphatic heterocycles. The number of amides is 1. The van der Waals surface area contributed by atoms with Gasteiger partial charge in [-0.1, -0.05) is 24.3 Å². The van der Waals surface area contributed by atoms with E-state index in [1.165, 1.54) is 25.1 Å². The molecular formula is C17H14FNO2. The molecule has 0 radical (unpaired) electrons. The van der Waals surface area contributed by atoms with Crippen LogP contribution in [0.5, 0.6) is 0 Å². The van der Waals surface area contributed by atoms with E-state index in [-0.39, 0.29) is 17.5 Å². The van der Waals surface area contributed by atoms with Crippen molar-refractivity contribution in [3.05, 3.63) is 71.6 Å². The number of Topliss-reactive ketones (excluding diaryl/α,β-unsaturated/α-hetero) is 1. The van der Waals surface area contributed by atoms with Gasteiger partial charge in [0.15, 0.2) is 5.78 Å². The van der Waals surface area contributed by atoms with Crippen LogP contribution in [0.4, 0.5) is 10.1 Å². The first kappa shape index (κ1) is 14.7. The maximum absolute atomic E-state index is 12.7. The fraction of sp³-hybridized carbons (Fsp3) is 0.0588. The highest BCUT2D eigenvalue weighted by molar-refractivity contribution is 6.03. The number of nitrogens with one attached hydrogen (secondary N) is 1. The molecule has 1 N–H and O–H groups in total. The van der Waals surface area contributed by atoms with Crippen LogP contribution in [0.3, 0.4) is 0 Å². The molecule has 0 saturated carbocycles. The average Bonchev–Trinajstić information content (AvgIpc) is 2.47. The summed E-state index contributed by atoms with van der Waals surface area (Å²) in [6, 6.07) is 12.5. The molecule has 1 amide bonds. The number of hydrogen-bond acceptors (Lipinski definition) is 2. The fourth-order valence-corrected chi connectivity index (χ4v) is 1.75. The van der Waals surface area contributed by atoms with Crippen molar-refractivity contribution < 1.29 is 14.0 Å². The zero-order chi connectivity index (χ0) is 15.2. The lowest BCUT2D eigenvalue weighted by Gasteiger charge is -2.03. The molecule has 0 aliphatic rings. The van der Waals surface area contributed by atoms with Gasteiger partial charge >= 0.3 is 0 Å². The van der Waals surface area contributed by atoms with E-state index in [2.05, 4.69) is 5.32 Å². The van der Waals surface area contributed by atoms with Crippen LogP contribution < -0.4 is 5.32 Å². The third kappa shape index (κ3) is 4.38. The van der Waals surface area contributed by atoms with Gasteiger partial charge in [0.2, 0.25) is 5.91 Å². The first-order valence-electron chi connectivity index (χ1n) is 6.40. The minimum Gasteiger partial charge on any atom is -0.322 e. The Hall–Kier alpha value is -2.75. The molecule has 2 aromatic carbocycles. The molecule has 0 spiro atoms. The van der Waals surface area contributed by atoms with E-state index in [0.717, 1.165) is 5.56 Å². The highest BCUT2D eigenvalue weighted by Crippen LogP contribution is 2.11. The lowest BCUT2D eigenvalue weighted by molar-refractivity contribution is -0.111. The summed E-state index contributed by atoms with van der Waals surface area (Å²) in [4.78, 5) is 23.0. The van der Waals surface area contributed by atoms with Crippen molar-refractivity contribution in [2.24, 2.45) is 0 Å². The second-order valence-corrected chi connectivity index (χ2v) is 4.51. The van der Waals surface area contributed by atoms with E-state index in [9.17, 15) is 14.0 Å². The average molecular weight is 283 g/mol. The van der Waals surface area contributed by atoms with E-state index < -0.39 is 0 Å². The Bertz CT molecular complexity index is 690. The van der Waals surface area contributed by atoms with Gasteiger partial charge in [-0.15, -0.1) is 0 Å². The van der Waals surface area contributed by atoms with Gasteiger partial charge in [0.25, 0.3) is 0 Å². The SMILES string of the molecule is CC(=O)c1cccc(NC(=O)/C=C\c2ccc(F)cc2)c1. The molecule has 0 atom stereocenters. The van der Waals surface area contributed by atoms with Gasteiger partial charge in [0.05, 0.1) is 0 Å². The van der Waals surface area contributed by atoms with E-state index in [0.29, 0.717) is 11.3 Å². The summed E-state index contributed by atoms with van der Waals surface area (Å²) in [6.07, 6.45) is 2.94. The summed E-state index contributed by atoms with van der Waals surface area (Å²) < 4.78 is 12.7. The molecule has 0 unspecified atom stereocenters. The fourth-order valence-electron chi connectivity index (χ4n) is 1.75. The Balaban J connectivity index is 2.03. The summed E-state index contributed by atoms with van der Waals surface area (Å²) in [5.74, 6) is -0.703. The number of halogens is 1. The molecule has 2 rings (SSSR count). The summed E-state index contributed by atoms with van der Waals surface area (Å²) in [7, 11) is 0. The Morgan fingerprint density at radius 2 is 1.81 bits per heavy atom. The molecule has 106 valence electrons. The van der Waals surface area contributed by atoms with Crippen LogP contribution in [0, 0.1) is 5.82 Å². The third-order valence-electron chi connectivity index (χ3n) is 2.83. The van der Waals surface area contributed by atoms with E-state index in [4.69, 9.17) is 0 Å². The van der Waals surface area contributed by atoms with E-state index >= 15 is 0 Å². The lowest BCUT2D eigenvalue weighted by Crippen LogP contribution is -2.08. The Kier molecular flexibility index (Phi) is 4.61. The predicted octanol–water partition coefficient (Wildman–Crippen LogP) is 3.68. The number of anilines is 1. The molecular weight excluding hydrogens is 269 g/mol. The highest BCUT2D eigenvalue weighted by atomic mass is 19.1. The van der Waals surface area contributed by atoms with Crippen molar-refractivity contribution in [1.82, 2.24) is 0 Å². The second kappa shape index (κ2) is 6.61. The minimum absolute atomic E-state index is 0.0621. The minimum atomic E-state index is -0.322. The van der Waals surface area contributed by atoms with Gasteiger partial charge in [-0.05, 0) is 42.8 Å². The summed E-state index contributed by atoms with van der Waals surface area (Å²) in [5, 5.41) is 2.67. The monoisotopic (exact) mass is 283 g/mol. The Labute approximate surface area is 122 Å². The molecule has 21 heavy (non-hydrogen) atoms. The van der Waals surface area contributed by atoms with E-state index in [1.54, 1.807) is 42.5 Å². The van der Waals surface area contributed by atoms with Gasteiger partial charge in [-0.2, -0.15) is 0 Å². The van der Waals surface area contributed by atoms with Crippen LogP contribution >= 0.6 is 0 Å².